The van der Waals surface area contributed by atoms with Gasteiger partial charge in [0.1, 0.15) is 11.6 Å². The van der Waals surface area contributed by atoms with Crippen molar-refractivity contribution in [2.75, 3.05) is 19.6 Å². The van der Waals surface area contributed by atoms with E-state index >= 15 is 0 Å². The van der Waals surface area contributed by atoms with Gasteiger partial charge in [-0.2, -0.15) is 0 Å². The predicted molar refractivity (Wildman–Crippen MR) is 135 cm³/mol. The molecular formula is C28H33FN4O2. The fraction of sp³-hybridized carbons (Fsp3) is 0.464. The number of nitrogens with zero attached hydrogens (tertiary/aromatic N) is 4. The van der Waals surface area contributed by atoms with Crippen molar-refractivity contribution in [3.63, 3.8) is 0 Å². The van der Waals surface area contributed by atoms with Gasteiger partial charge in [-0.05, 0) is 63.1 Å². The molecule has 0 bridgehead atoms. The zero-order valence-corrected chi connectivity index (χ0v) is 20.5. The fourth-order valence-electron chi connectivity index (χ4n) is 5.68. The molecule has 1 amide bonds. The second-order valence-corrected chi connectivity index (χ2v) is 9.99. The summed E-state index contributed by atoms with van der Waals surface area (Å²) in [6.07, 6.45) is 5.55. The van der Waals surface area contributed by atoms with Crippen LogP contribution in [0.15, 0.2) is 53.3 Å². The minimum Gasteiger partial charge on any atom is -0.337 e. The first-order valence-electron chi connectivity index (χ1n) is 12.8. The number of aromatic nitrogens is 2. The van der Waals surface area contributed by atoms with Crippen molar-refractivity contribution in [3.05, 3.63) is 70.5 Å². The van der Waals surface area contributed by atoms with Crippen molar-refractivity contribution in [2.24, 2.45) is 5.92 Å². The molecule has 6 nitrogen and oxygen atoms in total. The van der Waals surface area contributed by atoms with Crippen molar-refractivity contribution < 1.29 is 9.18 Å². The smallest absolute Gasteiger partial charge is 0.266 e. The topological polar surface area (TPSA) is 58.4 Å². The van der Waals surface area contributed by atoms with Gasteiger partial charge in [-0.15, -0.1) is 0 Å². The summed E-state index contributed by atoms with van der Waals surface area (Å²) < 4.78 is 15.2. The molecule has 1 aromatic heterocycles. The number of hydrogen-bond donors (Lipinski definition) is 0. The summed E-state index contributed by atoms with van der Waals surface area (Å²) >= 11 is 0. The molecule has 3 aromatic rings. The quantitative estimate of drug-likeness (QED) is 0.548. The zero-order valence-electron chi connectivity index (χ0n) is 20.5. The van der Waals surface area contributed by atoms with Gasteiger partial charge in [0.05, 0.1) is 22.6 Å². The van der Waals surface area contributed by atoms with E-state index in [0.717, 1.165) is 32.2 Å². The Morgan fingerprint density at radius 2 is 1.74 bits per heavy atom. The van der Waals surface area contributed by atoms with Gasteiger partial charge in [0, 0.05) is 31.6 Å². The molecule has 1 aliphatic carbocycles. The minimum atomic E-state index is -0.349. The van der Waals surface area contributed by atoms with Crippen molar-refractivity contribution in [2.45, 2.75) is 58.0 Å². The summed E-state index contributed by atoms with van der Waals surface area (Å²) in [5.41, 5.74) is 1.08. The number of carbonyl (C=O) groups is 1. The van der Waals surface area contributed by atoms with Gasteiger partial charge in [0.2, 0.25) is 5.91 Å². The molecule has 2 fully saturated rings. The lowest BCUT2D eigenvalue weighted by molar-refractivity contribution is -0.141. The zero-order chi connectivity index (χ0) is 24.5. The highest BCUT2D eigenvalue weighted by Crippen LogP contribution is 2.29. The molecule has 35 heavy (non-hydrogen) atoms. The number of benzene rings is 2. The first-order valence-corrected chi connectivity index (χ1v) is 12.8. The van der Waals surface area contributed by atoms with E-state index in [1.165, 1.54) is 18.6 Å². The molecular weight excluding hydrogens is 443 g/mol. The number of amides is 1. The van der Waals surface area contributed by atoms with Gasteiger partial charge in [-0.3, -0.25) is 19.1 Å². The number of piperazine rings is 1. The van der Waals surface area contributed by atoms with Gasteiger partial charge in [0.25, 0.3) is 5.56 Å². The van der Waals surface area contributed by atoms with Crippen LogP contribution in [0.5, 0.6) is 0 Å². The maximum absolute atomic E-state index is 13.6. The Morgan fingerprint density at radius 3 is 2.46 bits per heavy atom. The number of halogens is 1. The highest BCUT2D eigenvalue weighted by Gasteiger charge is 2.35. The largest absolute Gasteiger partial charge is 0.337 e. The van der Waals surface area contributed by atoms with E-state index in [9.17, 15) is 14.0 Å². The average molecular weight is 477 g/mol. The van der Waals surface area contributed by atoms with Crippen molar-refractivity contribution >= 4 is 16.8 Å². The van der Waals surface area contributed by atoms with Crippen LogP contribution < -0.4 is 5.56 Å². The molecule has 0 radical (unpaired) electrons. The third-order valence-corrected chi connectivity index (χ3v) is 7.70. The van der Waals surface area contributed by atoms with Gasteiger partial charge >= 0.3 is 0 Å². The lowest BCUT2D eigenvalue weighted by atomic mass is 9.87. The molecule has 1 saturated heterocycles. The van der Waals surface area contributed by atoms with Crippen molar-refractivity contribution in [3.8, 4) is 5.69 Å². The van der Waals surface area contributed by atoms with E-state index in [2.05, 4.69) is 23.6 Å². The van der Waals surface area contributed by atoms with Crippen LogP contribution in [0.1, 0.15) is 57.8 Å². The lowest BCUT2D eigenvalue weighted by Gasteiger charge is -2.43. The number of fused-ring (bicyclic) bond motifs is 1. The molecule has 2 atom stereocenters. The first-order chi connectivity index (χ1) is 16.9. The van der Waals surface area contributed by atoms with Crippen LogP contribution in [0.25, 0.3) is 16.6 Å². The van der Waals surface area contributed by atoms with Crippen LogP contribution in [-0.4, -0.2) is 50.9 Å². The first kappa shape index (κ1) is 23.7. The maximum atomic E-state index is 13.6. The molecule has 2 aromatic carbocycles. The molecule has 7 heteroatoms. The molecule has 184 valence electrons. The summed E-state index contributed by atoms with van der Waals surface area (Å²) in [4.78, 5) is 36.0. The molecule has 0 spiro atoms. The SMILES string of the molecule is CC(c1nc2ccccc2c(=O)n1-c1ccc(F)cc1)N1CCN(C(=O)C2CCCCC2)C(C)C1. The Hall–Kier alpha value is -3.06. The van der Waals surface area contributed by atoms with Crippen LogP contribution in [0.4, 0.5) is 4.39 Å². The third kappa shape index (κ3) is 4.61. The van der Waals surface area contributed by atoms with E-state index in [4.69, 9.17) is 4.98 Å². The molecule has 2 unspecified atom stereocenters. The number of carbonyl (C=O) groups excluding carboxylic acids is 1. The molecule has 2 heterocycles. The van der Waals surface area contributed by atoms with Gasteiger partial charge in [0.15, 0.2) is 0 Å². The van der Waals surface area contributed by atoms with Gasteiger partial charge in [-0.1, -0.05) is 31.4 Å². The Kier molecular flexibility index (Phi) is 6.69. The van der Waals surface area contributed by atoms with E-state index in [-0.39, 0.29) is 29.4 Å². The summed E-state index contributed by atoms with van der Waals surface area (Å²) in [6.45, 7) is 6.28. The highest BCUT2D eigenvalue weighted by atomic mass is 19.1. The van der Waals surface area contributed by atoms with Crippen LogP contribution >= 0.6 is 0 Å². The van der Waals surface area contributed by atoms with Crippen LogP contribution in [-0.2, 0) is 4.79 Å². The Labute approximate surface area is 205 Å². The second-order valence-electron chi connectivity index (χ2n) is 9.99. The van der Waals surface area contributed by atoms with E-state index < -0.39 is 0 Å². The number of para-hydroxylation sites is 1. The number of hydrogen-bond acceptors (Lipinski definition) is 4. The Balaban J connectivity index is 1.45. The summed E-state index contributed by atoms with van der Waals surface area (Å²) in [5, 5.41) is 0.532. The molecule has 0 N–H and O–H groups in total. The van der Waals surface area contributed by atoms with Crippen LogP contribution in [0.2, 0.25) is 0 Å². The summed E-state index contributed by atoms with van der Waals surface area (Å²) in [7, 11) is 0. The molecule has 5 rings (SSSR count). The van der Waals surface area contributed by atoms with Gasteiger partial charge < -0.3 is 4.90 Å². The summed E-state index contributed by atoms with van der Waals surface area (Å²) in [6, 6.07) is 13.2. The van der Waals surface area contributed by atoms with E-state index in [1.807, 2.05) is 18.2 Å². The monoisotopic (exact) mass is 476 g/mol. The Bertz CT molecular complexity index is 1270. The molecule has 1 aliphatic heterocycles. The van der Waals surface area contributed by atoms with Crippen LogP contribution in [0.3, 0.4) is 0 Å². The number of rotatable bonds is 4. The molecule has 1 saturated carbocycles. The maximum Gasteiger partial charge on any atom is 0.266 e. The fourth-order valence-corrected chi connectivity index (χ4v) is 5.68. The standard InChI is InChI=1S/C28H33FN4O2/c1-19-18-31(16-17-32(19)27(34)21-8-4-3-5-9-21)20(2)26-30-25-11-7-6-10-24(25)28(35)33(26)23-14-12-22(29)13-15-23/h6-7,10-15,19-21H,3-5,8-9,16-18H2,1-2H3. The van der Waals surface area contributed by atoms with Crippen LogP contribution in [0, 0.1) is 11.7 Å². The summed E-state index contributed by atoms with van der Waals surface area (Å²) in [5.74, 6) is 0.745. The second kappa shape index (κ2) is 9.90. The molecule has 2 aliphatic rings. The lowest BCUT2D eigenvalue weighted by Crippen LogP contribution is -2.56. The van der Waals surface area contributed by atoms with E-state index in [0.29, 0.717) is 41.4 Å². The van der Waals surface area contributed by atoms with Crippen molar-refractivity contribution in [1.29, 1.82) is 0 Å². The average Bonchev–Trinajstić information content (AvgIpc) is 2.89. The minimum absolute atomic E-state index is 0.0899. The predicted octanol–water partition coefficient (Wildman–Crippen LogP) is 4.70. The van der Waals surface area contributed by atoms with E-state index in [1.54, 1.807) is 22.8 Å². The van der Waals surface area contributed by atoms with Crippen molar-refractivity contribution in [1.82, 2.24) is 19.4 Å². The Morgan fingerprint density at radius 1 is 1.03 bits per heavy atom. The van der Waals surface area contributed by atoms with Gasteiger partial charge in [-0.25, -0.2) is 9.37 Å². The highest BCUT2D eigenvalue weighted by molar-refractivity contribution is 5.79. The normalized spacial score (nSPS) is 20.8. The third-order valence-electron chi connectivity index (χ3n) is 7.70.